The van der Waals surface area contributed by atoms with E-state index in [1.54, 1.807) is 7.11 Å². The Bertz CT molecular complexity index is 697. The molecule has 0 bridgehead atoms. The van der Waals surface area contributed by atoms with Crippen LogP contribution in [0.2, 0.25) is 0 Å². The maximum atomic E-state index is 12.2. The zero-order chi connectivity index (χ0) is 17.5. The number of hydrogen-bond acceptors (Lipinski definition) is 3. The topological polar surface area (TPSA) is 47.6 Å². The summed E-state index contributed by atoms with van der Waals surface area (Å²) in [6.45, 7) is 6.22. The van der Waals surface area contributed by atoms with Gasteiger partial charge in [-0.25, -0.2) is 0 Å². The predicted octanol–water partition coefficient (Wildman–Crippen LogP) is 4.53. The van der Waals surface area contributed by atoms with Crippen LogP contribution >= 0.6 is 0 Å². The van der Waals surface area contributed by atoms with Crippen molar-refractivity contribution >= 4 is 11.6 Å². The van der Waals surface area contributed by atoms with Crippen LogP contribution in [0, 0.1) is 6.92 Å². The number of carbonyl (C=O) groups is 1. The van der Waals surface area contributed by atoms with Gasteiger partial charge in [0, 0.05) is 0 Å². The molecule has 0 aliphatic carbocycles. The Morgan fingerprint density at radius 1 is 1.17 bits per heavy atom. The van der Waals surface area contributed by atoms with Gasteiger partial charge in [0.1, 0.15) is 11.5 Å². The van der Waals surface area contributed by atoms with Crippen LogP contribution in [0.15, 0.2) is 42.5 Å². The summed E-state index contributed by atoms with van der Waals surface area (Å²) in [6.07, 6.45) is 1.02. The third-order valence-corrected chi connectivity index (χ3v) is 4.05. The largest absolute Gasteiger partial charge is 0.495 e. The molecular formula is C20H25NO3. The lowest BCUT2D eigenvalue weighted by Crippen LogP contribution is -2.21. The van der Waals surface area contributed by atoms with E-state index in [-0.39, 0.29) is 12.5 Å². The number of carbonyl (C=O) groups excluding carboxylic acids is 1. The number of ether oxygens (including phenoxy) is 2. The van der Waals surface area contributed by atoms with E-state index in [1.165, 1.54) is 0 Å². The van der Waals surface area contributed by atoms with Crippen molar-refractivity contribution in [3.05, 3.63) is 53.6 Å². The first kappa shape index (κ1) is 17.9. The Hall–Kier alpha value is -2.49. The summed E-state index contributed by atoms with van der Waals surface area (Å²) in [5.74, 6) is 1.58. The molecule has 2 aromatic carbocycles. The van der Waals surface area contributed by atoms with Crippen molar-refractivity contribution in [2.24, 2.45) is 0 Å². The molecule has 0 unspecified atom stereocenters. The molecule has 4 nitrogen and oxygen atoms in total. The van der Waals surface area contributed by atoms with E-state index >= 15 is 0 Å². The molecule has 4 heteroatoms. The lowest BCUT2D eigenvalue weighted by atomic mass is 9.98. The summed E-state index contributed by atoms with van der Waals surface area (Å²) in [5, 5.41) is 2.85. The van der Waals surface area contributed by atoms with Gasteiger partial charge in [-0.1, -0.05) is 38.1 Å². The Morgan fingerprint density at radius 3 is 2.62 bits per heavy atom. The Labute approximate surface area is 143 Å². The van der Waals surface area contributed by atoms with Crippen LogP contribution in [0.1, 0.15) is 37.3 Å². The lowest BCUT2D eigenvalue weighted by Gasteiger charge is -2.16. The number of anilines is 1. The standard InChI is InChI=1S/C20H25NO3/c1-5-15(3)16-8-6-7-9-18(16)24-13-20(22)21-17-12-14(2)10-11-19(17)23-4/h6-12,15H,5,13H2,1-4H3,(H,21,22)/t15-/m0/s1. The molecule has 0 aliphatic rings. The molecule has 1 atom stereocenters. The number of aryl methyl sites for hydroxylation is 1. The van der Waals surface area contributed by atoms with Gasteiger partial charge in [0.2, 0.25) is 0 Å². The molecule has 0 aliphatic heterocycles. The van der Waals surface area contributed by atoms with E-state index in [0.29, 0.717) is 17.4 Å². The van der Waals surface area contributed by atoms with Gasteiger partial charge in [-0.15, -0.1) is 0 Å². The average Bonchev–Trinajstić information content (AvgIpc) is 2.59. The molecule has 0 saturated heterocycles. The summed E-state index contributed by atoms with van der Waals surface area (Å²) in [5.41, 5.74) is 2.83. The first-order valence-electron chi connectivity index (χ1n) is 8.21. The van der Waals surface area contributed by atoms with Gasteiger partial charge >= 0.3 is 0 Å². The van der Waals surface area contributed by atoms with E-state index in [4.69, 9.17) is 9.47 Å². The fourth-order valence-electron chi connectivity index (χ4n) is 2.49. The van der Waals surface area contributed by atoms with E-state index in [2.05, 4.69) is 19.2 Å². The highest BCUT2D eigenvalue weighted by Gasteiger charge is 2.12. The SMILES string of the molecule is CC[C@H](C)c1ccccc1OCC(=O)Nc1cc(C)ccc1OC. The molecule has 0 fully saturated rings. The zero-order valence-corrected chi connectivity index (χ0v) is 14.8. The minimum atomic E-state index is -0.210. The van der Waals surface area contributed by atoms with E-state index < -0.39 is 0 Å². The van der Waals surface area contributed by atoms with Gasteiger partial charge in [-0.2, -0.15) is 0 Å². The number of hydrogen-bond donors (Lipinski definition) is 1. The van der Waals surface area contributed by atoms with Crippen molar-refractivity contribution in [1.82, 2.24) is 0 Å². The van der Waals surface area contributed by atoms with E-state index in [9.17, 15) is 4.79 Å². The maximum Gasteiger partial charge on any atom is 0.262 e. The van der Waals surface area contributed by atoms with Gasteiger partial charge in [0.05, 0.1) is 12.8 Å². The number of amides is 1. The van der Waals surface area contributed by atoms with Crippen LogP contribution in [-0.4, -0.2) is 19.6 Å². The highest BCUT2D eigenvalue weighted by Crippen LogP contribution is 2.29. The number of rotatable bonds is 7. The highest BCUT2D eigenvalue weighted by molar-refractivity contribution is 5.93. The molecule has 0 heterocycles. The number of nitrogens with one attached hydrogen (secondary N) is 1. The molecule has 1 amide bonds. The van der Waals surface area contributed by atoms with Crippen molar-refractivity contribution < 1.29 is 14.3 Å². The maximum absolute atomic E-state index is 12.2. The smallest absolute Gasteiger partial charge is 0.262 e. The monoisotopic (exact) mass is 327 g/mol. The summed E-state index contributed by atoms with van der Waals surface area (Å²) in [7, 11) is 1.58. The minimum absolute atomic E-state index is 0.0372. The Balaban J connectivity index is 2.03. The fraction of sp³-hybridized carbons (Fsp3) is 0.350. The molecule has 0 spiro atoms. The highest BCUT2D eigenvalue weighted by atomic mass is 16.5. The van der Waals surface area contributed by atoms with Crippen LogP contribution in [-0.2, 0) is 4.79 Å². The summed E-state index contributed by atoms with van der Waals surface area (Å²) >= 11 is 0. The molecule has 2 aromatic rings. The van der Waals surface area contributed by atoms with Gasteiger partial charge < -0.3 is 14.8 Å². The van der Waals surface area contributed by atoms with Gasteiger partial charge in [-0.3, -0.25) is 4.79 Å². The normalized spacial score (nSPS) is 11.7. The second-order valence-corrected chi connectivity index (χ2v) is 5.89. The molecule has 1 N–H and O–H groups in total. The predicted molar refractivity (Wildman–Crippen MR) is 97.0 cm³/mol. The minimum Gasteiger partial charge on any atom is -0.495 e. The van der Waals surface area contributed by atoms with Gasteiger partial charge in [-0.05, 0) is 48.6 Å². The van der Waals surface area contributed by atoms with Crippen LogP contribution in [0.5, 0.6) is 11.5 Å². The molecule has 0 radical (unpaired) electrons. The van der Waals surface area contributed by atoms with Crippen LogP contribution in [0.4, 0.5) is 5.69 Å². The van der Waals surface area contributed by atoms with Crippen molar-refractivity contribution in [3.8, 4) is 11.5 Å². The Kier molecular flexibility index (Phi) is 6.24. The summed E-state index contributed by atoms with van der Waals surface area (Å²) in [4.78, 5) is 12.2. The zero-order valence-electron chi connectivity index (χ0n) is 14.8. The molecule has 128 valence electrons. The lowest BCUT2D eigenvalue weighted by molar-refractivity contribution is -0.118. The van der Waals surface area contributed by atoms with E-state index in [1.807, 2.05) is 49.4 Å². The first-order chi connectivity index (χ1) is 11.5. The molecule has 2 rings (SSSR count). The quantitative estimate of drug-likeness (QED) is 0.812. The second kappa shape index (κ2) is 8.39. The van der Waals surface area contributed by atoms with Gasteiger partial charge in [0.25, 0.3) is 5.91 Å². The third-order valence-electron chi connectivity index (χ3n) is 4.05. The number of para-hydroxylation sites is 1. The number of benzene rings is 2. The van der Waals surface area contributed by atoms with Crippen molar-refractivity contribution in [1.29, 1.82) is 0 Å². The summed E-state index contributed by atoms with van der Waals surface area (Å²) in [6, 6.07) is 13.5. The molecule has 24 heavy (non-hydrogen) atoms. The molecule has 0 aromatic heterocycles. The Morgan fingerprint density at radius 2 is 1.92 bits per heavy atom. The molecule has 0 saturated carbocycles. The summed E-state index contributed by atoms with van der Waals surface area (Å²) < 4.78 is 11.0. The van der Waals surface area contributed by atoms with E-state index in [0.717, 1.165) is 23.3 Å². The first-order valence-corrected chi connectivity index (χ1v) is 8.21. The molecular weight excluding hydrogens is 302 g/mol. The average molecular weight is 327 g/mol. The number of methoxy groups -OCH3 is 1. The van der Waals surface area contributed by atoms with Crippen LogP contribution in [0.3, 0.4) is 0 Å². The third kappa shape index (κ3) is 4.51. The second-order valence-electron chi connectivity index (χ2n) is 5.89. The van der Waals surface area contributed by atoms with Crippen LogP contribution < -0.4 is 14.8 Å². The van der Waals surface area contributed by atoms with Crippen molar-refractivity contribution in [2.75, 3.05) is 19.0 Å². The van der Waals surface area contributed by atoms with Crippen molar-refractivity contribution in [2.45, 2.75) is 33.1 Å². The van der Waals surface area contributed by atoms with Crippen LogP contribution in [0.25, 0.3) is 0 Å². The van der Waals surface area contributed by atoms with Gasteiger partial charge in [0.15, 0.2) is 6.61 Å². The van der Waals surface area contributed by atoms with Crippen molar-refractivity contribution in [3.63, 3.8) is 0 Å². The fourth-order valence-corrected chi connectivity index (χ4v) is 2.49.